The lowest BCUT2D eigenvalue weighted by Gasteiger charge is -2.34. The predicted octanol–water partition coefficient (Wildman–Crippen LogP) is 2.02. The van der Waals surface area contributed by atoms with Gasteiger partial charge in [-0.1, -0.05) is 13.0 Å². The molecule has 1 aliphatic heterocycles. The Bertz CT molecular complexity index is 176. The number of thioether (sulfide) groups is 2. The van der Waals surface area contributed by atoms with Crippen molar-refractivity contribution in [3.05, 3.63) is 12.7 Å². The molecule has 14 heavy (non-hydrogen) atoms. The van der Waals surface area contributed by atoms with Gasteiger partial charge in [-0.3, -0.25) is 11.3 Å². The van der Waals surface area contributed by atoms with Crippen LogP contribution in [-0.4, -0.2) is 28.0 Å². The lowest BCUT2D eigenvalue weighted by atomic mass is 10.1. The van der Waals surface area contributed by atoms with Crippen LogP contribution in [-0.2, 0) is 0 Å². The Morgan fingerprint density at radius 2 is 2.29 bits per heavy atom. The predicted molar refractivity (Wildman–Crippen MR) is 68.7 cm³/mol. The zero-order chi connectivity index (χ0) is 10.4. The summed E-state index contributed by atoms with van der Waals surface area (Å²) in [6.07, 6.45) is 4.11. The highest BCUT2D eigenvalue weighted by Crippen LogP contribution is 2.33. The Morgan fingerprint density at radius 1 is 1.57 bits per heavy atom. The Kier molecular flexibility index (Phi) is 6.01. The molecular formula is C10H20N2S2. The molecule has 0 aliphatic carbocycles. The maximum atomic E-state index is 5.60. The Hall–Kier alpha value is 0.360. The highest BCUT2D eigenvalue weighted by molar-refractivity contribution is 8.07. The van der Waals surface area contributed by atoms with Crippen LogP contribution < -0.4 is 11.3 Å². The summed E-state index contributed by atoms with van der Waals surface area (Å²) < 4.78 is 0. The molecule has 1 saturated heterocycles. The molecule has 2 nitrogen and oxygen atoms in total. The van der Waals surface area contributed by atoms with Crippen LogP contribution in [0.25, 0.3) is 0 Å². The minimum atomic E-state index is 0.431. The van der Waals surface area contributed by atoms with E-state index in [1.165, 1.54) is 11.5 Å². The molecule has 1 rings (SSSR count). The van der Waals surface area contributed by atoms with Gasteiger partial charge in [0, 0.05) is 28.0 Å². The molecule has 1 aliphatic rings. The third-order valence-corrected chi connectivity index (χ3v) is 5.78. The molecule has 0 aromatic rings. The van der Waals surface area contributed by atoms with Gasteiger partial charge < -0.3 is 0 Å². The summed E-state index contributed by atoms with van der Waals surface area (Å²) in [7, 11) is 0. The van der Waals surface area contributed by atoms with E-state index >= 15 is 0 Å². The first-order chi connectivity index (χ1) is 6.79. The Morgan fingerprint density at radius 3 is 2.86 bits per heavy atom. The normalized spacial score (nSPS) is 29.9. The molecule has 82 valence electrons. The molecule has 4 heteroatoms. The van der Waals surface area contributed by atoms with E-state index in [2.05, 4.69) is 42.5 Å². The second kappa shape index (κ2) is 6.77. The molecule has 3 atom stereocenters. The highest BCUT2D eigenvalue weighted by Gasteiger charge is 2.28. The van der Waals surface area contributed by atoms with E-state index in [0.717, 1.165) is 12.8 Å². The van der Waals surface area contributed by atoms with Crippen LogP contribution in [0.2, 0.25) is 0 Å². The quantitative estimate of drug-likeness (QED) is 0.432. The average Bonchev–Trinajstić information content (AvgIpc) is 2.21. The molecule has 3 unspecified atom stereocenters. The van der Waals surface area contributed by atoms with Gasteiger partial charge >= 0.3 is 0 Å². The minimum Gasteiger partial charge on any atom is -0.271 e. The topological polar surface area (TPSA) is 38.0 Å². The first-order valence-corrected chi connectivity index (χ1v) is 7.19. The van der Waals surface area contributed by atoms with Gasteiger partial charge in [0.1, 0.15) is 0 Å². The van der Waals surface area contributed by atoms with Crippen LogP contribution in [0.3, 0.4) is 0 Å². The lowest BCUT2D eigenvalue weighted by molar-refractivity contribution is 0.477. The molecule has 0 aromatic heterocycles. The molecule has 0 aromatic carbocycles. The van der Waals surface area contributed by atoms with Crippen LogP contribution >= 0.6 is 23.5 Å². The van der Waals surface area contributed by atoms with Crippen molar-refractivity contribution < 1.29 is 0 Å². The zero-order valence-corrected chi connectivity index (χ0v) is 10.4. The van der Waals surface area contributed by atoms with Gasteiger partial charge in [0.05, 0.1) is 0 Å². The molecule has 0 radical (unpaired) electrons. The van der Waals surface area contributed by atoms with Crippen LogP contribution in [0.4, 0.5) is 0 Å². The summed E-state index contributed by atoms with van der Waals surface area (Å²) in [5, 5.41) is 1.36. The van der Waals surface area contributed by atoms with Crippen molar-refractivity contribution in [2.45, 2.75) is 36.3 Å². The smallest absolute Gasteiger partial charge is 0.0342 e. The third-order valence-electron chi connectivity index (χ3n) is 2.53. The van der Waals surface area contributed by atoms with Crippen molar-refractivity contribution in [1.82, 2.24) is 5.43 Å². The molecule has 0 amide bonds. The van der Waals surface area contributed by atoms with E-state index in [9.17, 15) is 0 Å². The standard InChI is InChI=1S/C10H20N2S2/c1-3-4-5-9(12-11)10-8(2)13-6-7-14-10/h3,8-10,12H,1,4-7,11H2,2H3. The van der Waals surface area contributed by atoms with E-state index in [1.54, 1.807) is 0 Å². The molecule has 0 bridgehead atoms. The Balaban J connectivity index is 2.43. The van der Waals surface area contributed by atoms with Crippen molar-refractivity contribution >= 4 is 23.5 Å². The monoisotopic (exact) mass is 232 g/mol. The van der Waals surface area contributed by atoms with Gasteiger partial charge in [-0.15, -0.1) is 6.58 Å². The number of hydrogen-bond acceptors (Lipinski definition) is 4. The zero-order valence-electron chi connectivity index (χ0n) is 8.74. The lowest BCUT2D eigenvalue weighted by Crippen LogP contribution is -2.47. The number of nitrogens with two attached hydrogens (primary N) is 1. The van der Waals surface area contributed by atoms with Gasteiger partial charge in [0.2, 0.25) is 0 Å². The fraction of sp³-hybridized carbons (Fsp3) is 0.800. The first kappa shape index (κ1) is 12.4. The van der Waals surface area contributed by atoms with Crippen LogP contribution in [0.1, 0.15) is 19.8 Å². The summed E-state index contributed by atoms with van der Waals surface area (Å²) in [6, 6.07) is 0.431. The Labute approximate surface area is 95.4 Å². The fourth-order valence-electron chi connectivity index (χ4n) is 1.73. The number of hydrogen-bond donors (Lipinski definition) is 2. The minimum absolute atomic E-state index is 0.431. The SMILES string of the molecule is C=CCCC(NN)C1SCCSC1C. The van der Waals surface area contributed by atoms with Crippen molar-refractivity contribution in [2.75, 3.05) is 11.5 Å². The van der Waals surface area contributed by atoms with Gasteiger partial charge in [0.15, 0.2) is 0 Å². The van der Waals surface area contributed by atoms with Crippen LogP contribution in [0, 0.1) is 0 Å². The molecule has 1 heterocycles. The van der Waals surface area contributed by atoms with Crippen molar-refractivity contribution in [3.8, 4) is 0 Å². The maximum Gasteiger partial charge on any atom is 0.0342 e. The third kappa shape index (κ3) is 3.50. The van der Waals surface area contributed by atoms with Gasteiger partial charge in [-0.25, -0.2) is 0 Å². The summed E-state index contributed by atoms with van der Waals surface area (Å²) in [4.78, 5) is 0. The second-order valence-corrected chi connectivity index (χ2v) is 6.32. The molecule has 3 N–H and O–H groups in total. The van der Waals surface area contributed by atoms with E-state index < -0.39 is 0 Å². The highest BCUT2D eigenvalue weighted by atomic mass is 32.2. The molecule has 0 spiro atoms. The van der Waals surface area contributed by atoms with E-state index in [1.807, 2.05) is 6.08 Å². The number of hydrazine groups is 1. The van der Waals surface area contributed by atoms with Crippen molar-refractivity contribution in [1.29, 1.82) is 0 Å². The maximum absolute atomic E-state index is 5.60. The summed E-state index contributed by atoms with van der Waals surface area (Å²) in [5.74, 6) is 8.13. The van der Waals surface area contributed by atoms with E-state index in [-0.39, 0.29) is 0 Å². The average molecular weight is 232 g/mol. The van der Waals surface area contributed by atoms with E-state index in [4.69, 9.17) is 5.84 Å². The van der Waals surface area contributed by atoms with Gasteiger partial charge in [0.25, 0.3) is 0 Å². The second-order valence-electron chi connectivity index (χ2n) is 3.55. The van der Waals surface area contributed by atoms with Gasteiger partial charge in [-0.2, -0.15) is 23.5 Å². The fourth-order valence-corrected chi connectivity index (χ4v) is 4.71. The largest absolute Gasteiger partial charge is 0.271 e. The summed E-state index contributed by atoms with van der Waals surface area (Å²) >= 11 is 4.12. The van der Waals surface area contributed by atoms with Gasteiger partial charge in [-0.05, 0) is 12.8 Å². The number of rotatable bonds is 5. The van der Waals surface area contributed by atoms with E-state index in [0.29, 0.717) is 16.5 Å². The molecular weight excluding hydrogens is 212 g/mol. The number of allylic oxidation sites excluding steroid dienone is 1. The van der Waals surface area contributed by atoms with Crippen molar-refractivity contribution in [3.63, 3.8) is 0 Å². The number of nitrogens with one attached hydrogen (secondary N) is 1. The summed E-state index contributed by atoms with van der Waals surface area (Å²) in [5.41, 5.74) is 2.96. The molecule has 1 fully saturated rings. The summed E-state index contributed by atoms with van der Waals surface area (Å²) in [6.45, 7) is 6.06. The van der Waals surface area contributed by atoms with Crippen LogP contribution in [0.15, 0.2) is 12.7 Å². The molecule has 0 saturated carbocycles. The van der Waals surface area contributed by atoms with Crippen LogP contribution in [0.5, 0.6) is 0 Å². The van der Waals surface area contributed by atoms with Crippen molar-refractivity contribution in [2.24, 2.45) is 5.84 Å². The first-order valence-electron chi connectivity index (χ1n) is 5.09.